The number of methoxy groups -OCH3 is 1. The zero-order chi connectivity index (χ0) is 18.5. The van der Waals surface area contributed by atoms with Crippen LogP contribution in [-0.4, -0.2) is 47.1 Å². The van der Waals surface area contributed by atoms with Crippen molar-refractivity contribution in [3.05, 3.63) is 41.3 Å². The zero-order valence-electron chi connectivity index (χ0n) is 14.8. The number of ether oxygens (including phenoxy) is 1. The van der Waals surface area contributed by atoms with Gasteiger partial charge in [0.15, 0.2) is 0 Å². The Labute approximate surface area is 157 Å². The Morgan fingerprint density at radius 3 is 2.73 bits per heavy atom. The molecule has 2 N–H and O–H groups in total. The Kier molecular flexibility index (Phi) is 5.78. The third kappa shape index (κ3) is 4.54. The van der Waals surface area contributed by atoms with Gasteiger partial charge in [-0.2, -0.15) is 0 Å². The molecule has 2 heterocycles. The van der Waals surface area contributed by atoms with Crippen LogP contribution < -0.4 is 15.4 Å². The lowest BCUT2D eigenvalue weighted by atomic mass is 10.1. The topological polar surface area (TPSA) is 79.4 Å². The van der Waals surface area contributed by atoms with E-state index in [4.69, 9.17) is 16.3 Å². The number of piperidine rings is 1. The van der Waals surface area contributed by atoms with Crippen LogP contribution in [0.2, 0.25) is 5.02 Å². The minimum atomic E-state index is -0.151. The number of anilines is 2. The standard InChI is InChI=1S/C18H22ClN5O2/c1-12-9-17(21-11-20-12)22-14-5-7-24(8-6-14)18(25)23-15-10-13(19)3-4-16(15)26-2/h3-4,9-11,14H,5-8H2,1-2H3,(H,23,25)(H,20,21,22). The van der Waals surface area contributed by atoms with Crippen LogP contribution in [0.1, 0.15) is 18.5 Å². The van der Waals surface area contributed by atoms with Crippen molar-refractivity contribution in [2.45, 2.75) is 25.8 Å². The predicted octanol–water partition coefficient (Wildman–Crippen LogP) is 3.56. The van der Waals surface area contributed by atoms with Gasteiger partial charge in [-0.3, -0.25) is 0 Å². The van der Waals surface area contributed by atoms with E-state index in [0.717, 1.165) is 24.4 Å². The van der Waals surface area contributed by atoms with E-state index >= 15 is 0 Å². The lowest BCUT2D eigenvalue weighted by molar-refractivity contribution is 0.197. The molecule has 1 aliphatic rings. The van der Waals surface area contributed by atoms with Crippen LogP contribution in [0.4, 0.5) is 16.3 Å². The van der Waals surface area contributed by atoms with Crippen molar-refractivity contribution in [1.29, 1.82) is 0 Å². The van der Waals surface area contributed by atoms with E-state index in [1.807, 2.05) is 13.0 Å². The Bertz CT molecular complexity index is 778. The monoisotopic (exact) mass is 375 g/mol. The number of carbonyl (C=O) groups is 1. The van der Waals surface area contributed by atoms with Crippen LogP contribution in [0.3, 0.4) is 0 Å². The number of likely N-dealkylation sites (tertiary alicyclic amines) is 1. The second-order valence-corrected chi connectivity index (χ2v) is 6.66. The minimum Gasteiger partial charge on any atom is -0.495 e. The summed E-state index contributed by atoms with van der Waals surface area (Å²) in [5.74, 6) is 1.41. The molecule has 7 nitrogen and oxygen atoms in total. The Morgan fingerprint density at radius 2 is 2.04 bits per heavy atom. The van der Waals surface area contributed by atoms with Crippen molar-refractivity contribution in [1.82, 2.24) is 14.9 Å². The molecule has 0 radical (unpaired) electrons. The maximum Gasteiger partial charge on any atom is 0.321 e. The molecule has 1 aliphatic heterocycles. The number of aryl methyl sites for hydroxylation is 1. The molecule has 0 saturated carbocycles. The summed E-state index contributed by atoms with van der Waals surface area (Å²) in [7, 11) is 1.56. The van der Waals surface area contributed by atoms with E-state index in [-0.39, 0.29) is 12.1 Å². The molecule has 0 unspecified atom stereocenters. The summed E-state index contributed by atoms with van der Waals surface area (Å²) in [5, 5.41) is 6.84. The van der Waals surface area contributed by atoms with Gasteiger partial charge in [0.2, 0.25) is 0 Å². The van der Waals surface area contributed by atoms with Gasteiger partial charge in [-0.25, -0.2) is 14.8 Å². The van der Waals surface area contributed by atoms with Crippen LogP contribution in [0.25, 0.3) is 0 Å². The summed E-state index contributed by atoms with van der Waals surface area (Å²) >= 11 is 6.01. The number of urea groups is 1. The maximum absolute atomic E-state index is 12.5. The summed E-state index contributed by atoms with van der Waals surface area (Å²) in [6.07, 6.45) is 3.25. The van der Waals surface area contributed by atoms with Crippen molar-refractivity contribution in [2.24, 2.45) is 0 Å². The largest absolute Gasteiger partial charge is 0.495 e. The molecule has 1 fully saturated rings. The Hall–Kier alpha value is -2.54. The van der Waals surface area contributed by atoms with E-state index in [1.165, 1.54) is 0 Å². The van der Waals surface area contributed by atoms with Crippen molar-refractivity contribution in [3.8, 4) is 5.75 Å². The van der Waals surface area contributed by atoms with E-state index in [0.29, 0.717) is 29.5 Å². The average Bonchev–Trinajstić information content (AvgIpc) is 2.62. The Morgan fingerprint density at radius 1 is 1.27 bits per heavy atom. The highest BCUT2D eigenvalue weighted by molar-refractivity contribution is 6.31. The molecule has 0 atom stereocenters. The summed E-state index contributed by atoms with van der Waals surface area (Å²) in [6, 6.07) is 7.20. The van der Waals surface area contributed by atoms with E-state index in [1.54, 1.807) is 36.5 Å². The molecule has 0 spiro atoms. The van der Waals surface area contributed by atoms with Gasteiger partial charge in [0.1, 0.15) is 17.9 Å². The molecule has 138 valence electrons. The number of halogens is 1. The fourth-order valence-electron chi connectivity index (χ4n) is 2.94. The molecule has 3 rings (SSSR count). The lowest BCUT2D eigenvalue weighted by Gasteiger charge is -2.32. The quantitative estimate of drug-likeness (QED) is 0.854. The van der Waals surface area contributed by atoms with Crippen LogP contribution >= 0.6 is 11.6 Å². The second-order valence-electron chi connectivity index (χ2n) is 6.23. The zero-order valence-corrected chi connectivity index (χ0v) is 15.6. The number of hydrogen-bond acceptors (Lipinski definition) is 5. The molecule has 26 heavy (non-hydrogen) atoms. The number of hydrogen-bond donors (Lipinski definition) is 2. The summed E-state index contributed by atoms with van der Waals surface area (Å²) in [5.41, 5.74) is 1.50. The number of rotatable bonds is 4. The summed E-state index contributed by atoms with van der Waals surface area (Å²) in [6.45, 7) is 3.26. The molecule has 2 amide bonds. The van der Waals surface area contributed by atoms with Gasteiger partial charge < -0.3 is 20.3 Å². The van der Waals surface area contributed by atoms with Crippen LogP contribution in [0.5, 0.6) is 5.75 Å². The fourth-order valence-corrected chi connectivity index (χ4v) is 3.11. The molecule has 1 aromatic carbocycles. The normalized spacial score (nSPS) is 14.8. The van der Waals surface area contributed by atoms with Crippen molar-refractivity contribution in [2.75, 3.05) is 30.8 Å². The van der Waals surface area contributed by atoms with Gasteiger partial charge in [-0.1, -0.05) is 11.6 Å². The highest BCUT2D eigenvalue weighted by Crippen LogP contribution is 2.28. The first-order valence-corrected chi connectivity index (χ1v) is 8.87. The number of nitrogens with one attached hydrogen (secondary N) is 2. The van der Waals surface area contributed by atoms with E-state index in [9.17, 15) is 4.79 Å². The van der Waals surface area contributed by atoms with Crippen LogP contribution in [0, 0.1) is 6.92 Å². The van der Waals surface area contributed by atoms with Gasteiger partial charge in [-0.15, -0.1) is 0 Å². The molecular formula is C18H22ClN5O2. The molecular weight excluding hydrogens is 354 g/mol. The van der Waals surface area contributed by atoms with Gasteiger partial charge in [0, 0.05) is 35.9 Å². The SMILES string of the molecule is COc1ccc(Cl)cc1NC(=O)N1CCC(Nc2cc(C)ncn2)CC1. The first kappa shape index (κ1) is 18.3. The van der Waals surface area contributed by atoms with Crippen molar-refractivity contribution >= 4 is 29.1 Å². The lowest BCUT2D eigenvalue weighted by Crippen LogP contribution is -2.44. The summed E-state index contributed by atoms with van der Waals surface area (Å²) < 4.78 is 5.27. The van der Waals surface area contributed by atoms with Crippen molar-refractivity contribution < 1.29 is 9.53 Å². The number of benzene rings is 1. The molecule has 1 saturated heterocycles. The van der Waals surface area contributed by atoms with Gasteiger partial charge in [0.05, 0.1) is 12.8 Å². The predicted molar refractivity (Wildman–Crippen MR) is 102 cm³/mol. The summed E-state index contributed by atoms with van der Waals surface area (Å²) in [4.78, 5) is 22.7. The minimum absolute atomic E-state index is 0.151. The van der Waals surface area contributed by atoms with Gasteiger partial charge in [-0.05, 0) is 38.0 Å². The average molecular weight is 376 g/mol. The molecule has 8 heteroatoms. The number of aromatic nitrogens is 2. The highest BCUT2D eigenvalue weighted by atomic mass is 35.5. The van der Waals surface area contributed by atoms with Crippen LogP contribution in [-0.2, 0) is 0 Å². The molecule has 2 aromatic rings. The van der Waals surface area contributed by atoms with E-state index < -0.39 is 0 Å². The van der Waals surface area contributed by atoms with Gasteiger partial charge in [0.25, 0.3) is 0 Å². The Balaban J connectivity index is 1.54. The third-order valence-corrected chi connectivity index (χ3v) is 4.58. The second kappa shape index (κ2) is 8.23. The molecule has 0 bridgehead atoms. The first-order valence-electron chi connectivity index (χ1n) is 8.50. The van der Waals surface area contributed by atoms with Crippen LogP contribution in [0.15, 0.2) is 30.6 Å². The number of nitrogens with zero attached hydrogens (tertiary/aromatic N) is 3. The first-order chi connectivity index (χ1) is 12.5. The third-order valence-electron chi connectivity index (χ3n) is 4.34. The fraction of sp³-hybridized carbons (Fsp3) is 0.389. The van der Waals surface area contributed by atoms with Gasteiger partial charge >= 0.3 is 6.03 Å². The van der Waals surface area contributed by atoms with Crippen molar-refractivity contribution in [3.63, 3.8) is 0 Å². The number of amides is 2. The highest BCUT2D eigenvalue weighted by Gasteiger charge is 2.23. The van der Waals surface area contributed by atoms with E-state index in [2.05, 4.69) is 20.6 Å². The number of carbonyl (C=O) groups excluding carboxylic acids is 1. The molecule has 1 aromatic heterocycles. The smallest absolute Gasteiger partial charge is 0.321 e. The molecule has 0 aliphatic carbocycles. The maximum atomic E-state index is 12.5.